The lowest BCUT2D eigenvalue weighted by Gasteiger charge is -2.41. The van der Waals surface area contributed by atoms with Crippen LogP contribution < -0.4 is 5.32 Å². The second kappa shape index (κ2) is 10.6. The molecule has 0 amide bonds. The lowest BCUT2D eigenvalue weighted by molar-refractivity contribution is -0.0796. The molecule has 1 saturated carbocycles. The quantitative estimate of drug-likeness (QED) is 0.531. The fraction of sp³-hybridized carbons (Fsp3) is 1.00. The van der Waals surface area contributed by atoms with Gasteiger partial charge in [0.1, 0.15) is 0 Å². The van der Waals surface area contributed by atoms with Gasteiger partial charge < -0.3 is 10.1 Å². The predicted molar refractivity (Wildman–Crippen MR) is 92.8 cm³/mol. The Morgan fingerprint density at radius 1 is 1.05 bits per heavy atom. The number of hydrogen-bond donors (Lipinski definition) is 1. The predicted octanol–water partition coefficient (Wildman–Crippen LogP) is 5.17. The van der Waals surface area contributed by atoms with Gasteiger partial charge in [0, 0.05) is 13.2 Å². The Hall–Kier alpha value is -0.0800. The largest absolute Gasteiger partial charge is 0.374 e. The van der Waals surface area contributed by atoms with Crippen molar-refractivity contribution in [1.82, 2.24) is 5.32 Å². The molecule has 1 fully saturated rings. The van der Waals surface area contributed by atoms with Gasteiger partial charge in [-0.2, -0.15) is 0 Å². The highest BCUT2D eigenvalue weighted by molar-refractivity contribution is 4.89. The number of hydrogen-bond acceptors (Lipinski definition) is 2. The van der Waals surface area contributed by atoms with Crippen molar-refractivity contribution in [1.29, 1.82) is 0 Å². The van der Waals surface area contributed by atoms with Gasteiger partial charge in [0.05, 0.1) is 5.60 Å². The van der Waals surface area contributed by atoms with E-state index < -0.39 is 0 Å². The van der Waals surface area contributed by atoms with Crippen LogP contribution in [-0.4, -0.2) is 25.8 Å². The molecule has 2 heteroatoms. The van der Waals surface area contributed by atoms with E-state index >= 15 is 0 Å². The van der Waals surface area contributed by atoms with Crippen molar-refractivity contribution in [3.05, 3.63) is 0 Å². The van der Waals surface area contributed by atoms with Crippen LogP contribution >= 0.6 is 0 Å². The Labute approximate surface area is 133 Å². The summed E-state index contributed by atoms with van der Waals surface area (Å²) in [6.07, 6.45) is 13.2. The normalized spacial score (nSPS) is 26.4. The van der Waals surface area contributed by atoms with E-state index in [-0.39, 0.29) is 5.60 Å². The van der Waals surface area contributed by atoms with Crippen LogP contribution in [0.2, 0.25) is 0 Å². The third-order valence-corrected chi connectivity index (χ3v) is 5.29. The van der Waals surface area contributed by atoms with Gasteiger partial charge in [0.15, 0.2) is 0 Å². The highest BCUT2D eigenvalue weighted by Gasteiger charge is 2.36. The first-order valence-electron chi connectivity index (χ1n) is 9.42. The molecule has 0 spiro atoms. The summed E-state index contributed by atoms with van der Waals surface area (Å²) in [4.78, 5) is 0. The fourth-order valence-electron chi connectivity index (χ4n) is 3.70. The molecular formula is C19H39NO. The number of unbranched alkanes of at least 4 members (excludes halogenated alkanes) is 5. The van der Waals surface area contributed by atoms with Crippen LogP contribution in [-0.2, 0) is 4.74 Å². The fourth-order valence-corrected chi connectivity index (χ4v) is 3.70. The lowest BCUT2D eigenvalue weighted by atomic mass is 9.74. The molecule has 0 aromatic heterocycles. The van der Waals surface area contributed by atoms with Crippen molar-refractivity contribution in [2.75, 3.05) is 20.2 Å². The minimum absolute atomic E-state index is 0.129. The molecule has 0 heterocycles. The molecule has 0 radical (unpaired) electrons. The monoisotopic (exact) mass is 297 g/mol. The molecule has 1 aliphatic rings. The summed E-state index contributed by atoms with van der Waals surface area (Å²) < 4.78 is 6.38. The molecule has 0 saturated heterocycles. The second-order valence-corrected chi connectivity index (χ2v) is 7.41. The van der Waals surface area contributed by atoms with Gasteiger partial charge in [-0.05, 0) is 51.0 Å². The zero-order valence-corrected chi connectivity index (χ0v) is 15.0. The van der Waals surface area contributed by atoms with Gasteiger partial charge in [-0.15, -0.1) is 0 Å². The van der Waals surface area contributed by atoms with Crippen LogP contribution in [0.5, 0.6) is 0 Å². The topological polar surface area (TPSA) is 21.3 Å². The SMILES string of the molecule is CCCCCCCCOC1(CNC)CCC(C(C)C)CC1. The first-order valence-corrected chi connectivity index (χ1v) is 9.42. The van der Waals surface area contributed by atoms with Gasteiger partial charge in [-0.25, -0.2) is 0 Å². The third-order valence-electron chi connectivity index (χ3n) is 5.29. The Bertz CT molecular complexity index is 244. The Morgan fingerprint density at radius 2 is 1.67 bits per heavy atom. The third kappa shape index (κ3) is 7.15. The van der Waals surface area contributed by atoms with Crippen LogP contribution in [0.4, 0.5) is 0 Å². The summed E-state index contributed by atoms with van der Waals surface area (Å²) in [7, 11) is 2.06. The number of nitrogens with one attached hydrogen (secondary N) is 1. The molecule has 2 nitrogen and oxygen atoms in total. The lowest BCUT2D eigenvalue weighted by Crippen LogP contribution is -2.45. The van der Waals surface area contributed by atoms with Crippen LogP contribution in [0, 0.1) is 11.8 Å². The molecule has 126 valence electrons. The molecular weight excluding hydrogens is 258 g/mol. The Kier molecular flexibility index (Phi) is 9.59. The first-order chi connectivity index (χ1) is 10.1. The van der Waals surface area contributed by atoms with Crippen molar-refractivity contribution < 1.29 is 4.74 Å². The molecule has 0 unspecified atom stereocenters. The molecule has 0 atom stereocenters. The van der Waals surface area contributed by atoms with Crippen LogP contribution in [0.25, 0.3) is 0 Å². The van der Waals surface area contributed by atoms with E-state index in [0.717, 1.165) is 25.0 Å². The van der Waals surface area contributed by atoms with Gasteiger partial charge in [0.25, 0.3) is 0 Å². The summed E-state index contributed by atoms with van der Waals surface area (Å²) in [6, 6.07) is 0. The second-order valence-electron chi connectivity index (χ2n) is 7.41. The van der Waals surface area contributed by atoms with E-state index in [1.807, 2.05) is 0 Å². The van der Waals surface area contributed by atoms with Crippen LogP contribution in [0.15, 0.2) is 0 Å². The molecule has 1 N–H and O–H groups in total. The number of likely N-dealkylation sites (N-methyl/N-ethyl adjacent to an activating group) is 1. The first kappa shape index (κ1) is 19.0. The number of rotatable bonds is 11. The maximum Gasteiger partial charge on any atom is 0.0806 e. The molecule has 1 rings (SSSR count). The summed E-state index contributed by atoms with van der Waals surface area (Å²) >= 11 is 0. The molecule has 0 aromatic rings. The van der Waals surface area contributed by atoms with Crippen molar-refractivity contribution in [3.8, 4) is 0 Å². The zero-order chi connectivity index (χ0) is 15.6. The maximum absolute atomic E-state index is 6.38. The van der Waals surface area contributed by atoms with E-state index in [1.54, 1.807) is 0 Å². The molecule has 0 aromatic carbocycles. The van der Waals surface area contributed by atoms with E-state index in [9.17, 15) is 0 Å². The van der Waals surface area contributed by atoms with E-state index in [1.165, 1.54) is 64.2 Å². The summed E-state index contributed by atoms with van der Waals surface area (Å²) in [5.41, 5.74) is 0.129. The van der Waals surface area contributed by atoms with Crippen LogP contribution in [0.1, 0.15) is 85.0 Å². The van der Waals surface area contributed by atoms with Gasteiger partial charge in [-0.1, -0.05) is 52.9 Å². The van der Waals surface area contributed by atoms with Crippen molar-refractivity contribution in [3.63, 3.8) is 0 Å². The zero-order valence-electron chi connectivity index (χ0n) is 15.0. The smallest absolute Gasteiger partial charge is 0.0806 e. The van der Waals surface area contributed by atoms with Crippen LogP contribution in [0.3, 0.4) is 0 Å². The van der Waals surface area contributed by atoms with Crippen molar-refractivity contribution >= 4 is 0 Å². The molecule has 0 aliphatic heterocycles. The highest BCUT2D eigenvalue weighted by atomic mass is 16.5. The van der Waals surface area contributed by atoms with E-state index in [2.05, 4.69) is 33.1 Å². The summed E-state index contributed by atoms with van der Waals surface area (Å²) in [5.74, 6) is 1.74. The standard InChI is InChI=1S/C19H39NO/c1-5-6-7-8-9-10-15-21-19(16-20-4)13-11-18(12-14-19)17(2)3/h17-18,20H,5-16H2,1-4H3. The number of ether oxygens (including phenoxy) is 1. The molecule has 21 heavy (non-hydrogen) atoms. The van der Waals surface area contributed by atoms with Crippen molar-refractivity contribution in [2.45, 2.75) is 90.6 Å². The Balaban J connectivity index is 2.24. The van der Waals surface area contributed by atoms with E-state index in [4.69, 9.17) is 4.74 Å². The maximum atomic E-state index is 6.38. The van der Waals surface area contributed by atoms with Gasteiger partial charge >= 0.3 is 0 Å². The Morgan fingerprint density at radius 3 is 2.24 bits per heavy atom. The molecule has 0 bridgehead atoms. The van der Waals surface area contributed by atoms with E-state index in [0.29, 0.717) is 0 Å². The average Bonchev–Trinajstić information content (AvgIpc) is 2.47. The average molecular weight is 298 g/mol. The highest BCUT2D eigenvalue weighted by Crippen LogP contribution is 2.37. The minimum atomic E-state index is 0.129. The van der Waals surface area contributed by atoms with Gasteiger partial charge in [0.2, 0.25) is 0 Å². The molecule has 1 aliphatic carbocycles. The summed E-state index contributed by atoms with van der Waals surface area (Å²) in [5, 5.41) is 3.37. The minimum Gasteiger partial charge on any atom is -0.374 e. The summed E-state index contributed by atoms with van der Waals surface area (Å²) in [6.45, 7) is 8.99. The van der Waals surface area contributed by atoms with Gasteiger partial charge in [-0.3, -0.25) is 0 Å². The van der Waals surface area contributed by atoms with Crippen molar-refractivity contribution in [2.24, 2.45) is 11.8 Å².